The van der Waals surface area contributed by atoms with Gasteiger partial charge in [-0.25, -0.2) is 22.3 Å². The van der Waals surface area contributed by atoms with Gasteiger partial charge in [0.15, 0.2) is 10.7 Å². The van der Waals surface area contributed by atoms with E-state index >= 15 is 0 Å². The van der Waals surface area contributed by atoms with Gasteiger partial charge in [-0.05, 0) is 12.1 Å². The van der Waals surface area contributed by atoms with Gasteiger partial charge >= 0.3 is 0 Å². The number of nitrogens with two attached hydrogens (primary N) is 1. The molecule has 1 rings (SSSR count). The molecule has 0 fully saturated rings. The third-order valence-electron chi connectivity index (χ3n) is 1.45. The molecule has 7 heteroatoms. The van der Waals surface area contributed by atoms with Crippen molar-refractivity contribution >= 4 is 10.0 Å². The molecule has 0 heterocycles. The Hall–Kier alpha value is -1.52. The fraction of sp³-hybridized carbons (Fsp3) is 0. The molecule has 0 spiro atoms. The Morgan fingerprint density at radius 1 is 1.36 bits per heavy atom. The molecule has 1 aromatic carbocycles. The van der Waals surface area contributed by atoms with Crippen molar-refractivity contribution in [2.45, 2.75) is 4.90 Å². The van der Waals surface area contributed by atoms with Gasteiger partial charge in [-0.1, -0.05) is 0 Å². The Labute approximate surface area is 78.6 Å². The summed E-state index contributed by atoms with van der Waals surface area (Å²) >= 11 is 0. The van der Waals surface area contributed by atoms with Crippen LogP contribution in [0.4, 0.5) is 8.78 Å². The van der Waals surface area contributed by atoms with Crippen LogP contribution in [0, 0.1) is 23.0 Å². The first-order valence-corrected chi connectivity index (χ1v) is 4.83. The second kappa shape index (κ2) is 3.32. The van der Waals surface area contributed by atoms with Gasteiger partial charge in [0.2, 0.25) is 10.0 Å². The molecule has 4 nitrogen and oxygen atoms in total. The lowest BCUT2D eigenvalue weighted by Gasteiger charge is -2.02. The molecule has 0 saturated carbocycles. The Morgan fingerprint density at radius 3 is 2.36 bits per heavy atom. The molecule has 0 aromatic heterocycles. The van der Waals surface area contributed by atoms with E-state index in [0.29, 0.717) is 6.07 Å². The molecule has 0 unspecified atom stereocenters. The van der Waals surface area contributed by atoms with Crippen LogP contribution in [0.1, 0.15) is 5.56 Å². The number of rotatable bonds is 1. The Balaban J connectivity index is 3.68. The highest BCUT2D eigenvalue weighted by Crippen LogP contribution is 2.19. The van der Waals surface area contributed by atoms with E-state index in [2.05, 4.69) is 5.14 Å². The maximum atomic E-state index is 13.1. The minimum Gasteiger partial charge on any atom is -0.224 e. The molecule has 74 valence electrons. The monoisotopic (exact) mass is 218 g/mol. The minimum absolute atomic E-state index is 0.574. The molecule has 0 aliphatic heterocycles. The lowest BCUT2D eigenvalue weighted by molar-refractivity contribution is 0.518. The third-order valence-corrected chi connectivity index (χ3v) is 2.40. The van der Waals surface area contributed by atoms with Gasteiger partial charge in [-0.2, -0.15) is 5.26 Å². The van der Waals surface area contributed by atoms with Crippen molar-refractivity contribution < 1.29 is 17.2 Å². The molecule has 0 atom stereocenters. The molecule has 1 aromatic rings. The van der Waals surface area contributed by atoms with Crippen LogP contribution in [0.5, 0.6) is 0 Å². The molecular formula is C7H4F2N2O2S. The van der Waals surface area contributed by atoms with Gasteiger partial charge in [0.1, 0.15) is 11.9 Å². The van der Waals surface area contributed by atoms with Crippen LogP contribution >= 0.6 is 0 Å². The largest absolute Gasteiger partial charge is 0.243 e. The maximum Gasteiger partial charge on any atom is 0.243 e. The number of hydrogen-bond donors (Lipinski definition) is 1. The molecule has 0 radical (unpaired) electrons. The molecule has 0 saturated heterocycles. The maximum absolute atomic E-state index is 13.1. The van der Waals surface area contributed by atoms with Crippen molar-refractivity contribution in [1.82, 2.24) is 0 Å². The molecule has 0 aliphatic carbocycles. The van der Waals surface area contributed by atoms with E-state index in [1.165, 1.54) is 6.07 Å². The van der Waals surface area contributed by atoms with Gasteiger partial charge in [-0.15, -0.1) is 0 Å². The van der Waals surface area contributed by atoms with Gasteiger partial charge in [0.05, 0.1) is 5.56 Å². The van der Waals surface area contributed by atoms with Crippen LogP contribution in [0.3, 0.4) is 0 Å². The SMILES string of the molecule is N#Cc1ccc(F)c(S(N)(=O)=O)c1F. The Kier molecular flexibility index (Phi) is 2.51. The van der Waals surface area contributed by atoms with Gasteiger partial charge in [0, 0.05) is 0 Å². The summed E-state index contributed by atoms with van der Waals surface area (Å²) in [6.07, 6.45) is 0. The van der Waals surface area contributed by atoms with Crippen LogP contribution in [0.2, 0.25) is 0 Å². The predicted octanol–water partition coefficient (Wildman–Crippen LogP) is 0.484. The van der Waals surface area contributed by atoms with Crippen LogP contribution in [0.25, 0.3) is 0 Å². The molecule has 0 aliphatic rings. The van der Waals surface area contributed by atoms with Crippen molar-refractivity contribution in [3.63, 3.8) is 0 Å². The molecular weight excluding hydrogens is 214 g/mol. The second-order valence-electron chi connectivity index (χ2n) is 2.39. The summed E-state index contributed by atoms with van der Waals surface area (Å²) in [4.78, 5) is -1.28. The third kappa shape index (κ3) is 1.71. The first-order valence-electron chi connectivity index (χ1n) is 3.29. The van der Waals surface area contributed by atoms with Crippen molar-refractivity contribution in [2.24, 2.45) is 5.14 Å². The average molecular weight is 218 g/mol. The highest BCUT2D eigenvalue weighted by Gasteiger charge is 2.22. The molecule has 14 heavy (non-hydrogen) atoms. The number of nitriles is 1. The summed E-state index contributed by atoms with van der Waals surface area (Å²) in [6, 6.07) is 2.87. The van der Waals surface area contributed by atoms with E-state index in [-0.39, 0.29) is 0 Å². The van der Waals surface area contributed by atoms with Crippen LogP contribution in [-0.4, -0.2) is 8.42 Å². The van der Waals surface area contributed by atoms with E-state index in [1.54, 1.807) is 0 Å². The van der Waals surface area contributed by atoms with Crippen molar-refractivity contribution in [1.29, 1.82) is 5.26 Å². The van der Waals surface area contributed by atoms with Gasteiger partial charge in [0.25, 0.3) is 0 Å². The van der Waals surface area contributed by atoms with Crippen molar-refractivity contribution in [3.05, 3.63) is 29.3 Å². The number of nitrogens with zero attached hydrogens (tertiary/aromatic N) is 1. The summed E-state index contributed by atoms with van der Waals surface area (Å²) < 4.78 is 47.4. The van der Waals surface area contributed by atoms with Crippen LogP contribution in [0.15, 0.2) is 17.0 Å². The topological polar surface area (TPSA) is 83.9 Å². The molecule has 0 amide bonds. The summed E-state index contributed by atoms with van der Waals surface area (Å²) in [7, 11) is -4.50. The van der Waals surface area contributed by atoms with E-state index in [1.807, 2.05) is 0 Å². The van der Waals surface area contributed by atoms with Crippen molar-refractivity contribution in [2.75, 3.05) is 0 Å². The molecule has 0 bridgehead atoms. The zero-order valence-electron chi connectivity index (χ0n) is 6.66. The average Bonchev–Trinajstić information content (AvgIpc) is 2.02. The first-order chi connectivity index (χ1) is 6.38. The number of primary sulfonamides is 1. The predicted molar refractivity (Wildman–Crippen MR) is 42.4 cm³/mol. The summed E-state index contributed by atoms with van der Waals surface area (Å²) in [5.74, 6) is -2.78. The summed E-state index contributed by atoms with van der Waals surface area (Å²) in [5, 5.41) is 12.9. The molecule has 2 N–H and O–H groups in total. The van der Waals surface area contributed by atoms with E-state index in [4.69, 9.17) is 5.26 Å². The summed E-state index contributed by atoms with van der Waals surface area (Å²) in [6.45, 7) is 0. The number of hydrogen-bond acceptors (Lipinski definition) is 3. The fourth-order valence-corrected chi connectivity index (χ4v) is 1.58. The second-order valence-corrected chi connectivity index (χ2v) is 3.89. The van der Waals surface area contributed by atoms with E-state index in [0.717, 1.165) is 6.07 Å². The van der Waals surface area contributed by atoms with Crippen LogP contribution < -0.4 is 5.14 Å². The summed E-state index contributed by atoms with van der Waals surface area (Å²) in [5.41, 5.74) is -0.574. The lowest BCUT2D eigenvalue weighted by Crippen LogP contribution is -2.16. The quantitative estimate of drug-likeness (QED) is 0.744. The lowest BCUT2D eigenvalue weighted by atomic mass is 10.2. The minimum atomic E-state index is -4.50. The van der Waals surface area contributed by atoms with Crippen LogP contribution in [-0.2, 0) is 10.0 Å². The first kappa shape index (κ1) is 10.6. The Morgan fingerprint density at radius 2 is 1.93 bits per heavy atom. The zero-order valence-corrected chi connectivity index (χ0v) is 7.48. The normalized spacial score (nSPS) is 11.0. The van der Waals surface area contributed by atoms with E-state index < -0.39 is 32.1 Å². The smallest absolute Gasteiger partial charge is 0.224 e. The fourth-order valence-electron chi connectivity index (χ4n) is 0.880. The number of benzene rings is 1. The standard InChI is InChI=1S/C7H4F2N2O2S/c8-5-2-1-4(3-10)6(9)7(5)14(11,12)13/h1-2H,(H2,11,12,13). The van der Waals surface area contributed by atoms with Crippen molar-refractivity contribution in [3.8, 4) is 6.07 Å². The highest BCUT2D eigenvalue weighted by atomic mass is 32.2. The zero-order chi connectivity index (χ0) is 10.9. The highest BCUT2D eigenvalue weighted by molar-refractivity contribution is 7.89. The van der Waals surface area contributed by atoms with Gasteiger partial charge < -0.3 is 0 Å². The number of sulfonamides is 1. The number of halogens is 2. The van der Waals surface area contributed by atoms with E-state index in [9.17, 15) is 17.2 Å². The Bertz CT molecular complexity index is 519. The van der Waals surface area contributed by atoms with Gasteiger partial charge in [-0.3, -0.25) is 0 Å².